The molecule has 12 heteroatoms. The number of aromatic nitrogens is 4. The minimum atomic E-state index is -0.665. The molecule has 0 radical (unpaired) electrons. The molecule has 1 N–H and O–H groups in total. The van der Waals surface area contributed by atoms with Crippen molar-refractivity contribution in [3.63, 3.8) is 0 Å². The molecule has 1 saturated heterocycles. The highest BCUT2D eigenvalue weighted by Gasteiger charge is 2.44. The first kappa shape index (κ1) is 27.1. The van der Waals surface area contributed by atoms with Gasteiger partial charge in [-0.2, -0.15) is 5.21 Å². The molecule has 1 spiro atoms. The molecule has 40 heavy (non-hydrogen) atoms. The van der Waals surface area contributed by atoms with Gasteiger partial charge in [0.05, 0.1) is 24.8 Å². The van der Waals surface area contributed by atoms with Gasteiger partial charge in [0.1, 0.15) is 22.8 Å². The number of nitrogens with one attached hydrogen (secondary N) is 1. The van der Waals surface area contributed by atoms with Crippen LogP contribution in [0.2, 0.25) is 0 Å². The zero-order valence-electron chi connectivity index (χ0n) is 23.1. The zero-order chi connectivity index (χ0) is 28.4. The predicted octanol–water partition coefficient (Wildman–Crippen LogP) is 2.95. The van der Waals surface area contributed by atoms with Crippen LogP contribution in [0, 0.1) is 0 Å². The first-order valence-electron chi connectivity index (χ1n) is 13.4. The van der Waals surface area contributed by atoms with Crippen LogP contribution in [-0.2, 0) is 4.79 Å². The number of piperidine rings is 1. The number of ketones is 1. The number of hydrogen-bond donors (Lipinski definition) is 1. The molecular formula is C28H33N7O5. The Kier molecular flexibility index (Phi) is 7.42. The van der Waals surface area contributed by atoms with Crippen LogP contribution in [0.1, 0.15) is 53.8 Å². The number of Topliss-reactive ketones (excluding diaryl/α,β-unsaturated/α-hetero) is 1. The summed E-state index contributed by atoms with van der Waals surface area (Å²) >= 11 is 0. The highest BCUT2D eigenvalue weighted by molar-refractivity contribution is 6.02. The minimum absolute atomic E-state index is 0.00935. The van der Waals surface area contributed by atoms with Gasteiger partial charge in [0, 0.05) is 57.2 Å². The van der Waals surface area contributed by atoms with Crippen LogP contribution in [0.3, 0.4) is 0 Å². The third kappa shape index (κ3) is 4.85. The van der Waals surface area contributed by atoms with E-state index >= 15 is 0 Å². The number of aromatic amines is 1. The van der Waals surface area contributed by atoms with Crippen LogP contribution in [0.4, 0.5) is 11.4 Å². The number of carbonyl (C=O) groups excluding carboxylic acids is 3. The Morgan fingerprint density at radius 2 is 1.98 bits per heavy atom. The van der Waals surface area contributed by atoms with Gasteiger partial charge >= 0.3 is 0 Å². The second-order valence-electron chi connectivity index (χ2n) is 10.1. The molecule has 2 amide bonds. The lowest BCUT2D eigenvalue weighted by Gasteiger charge is -2.44. The highest BCUT2D eigenvalue weighted by atomic mass is 16.5. The third-order valence-electron chi connectivity index (χ3n) is 7.81. The van der Waals surface area contributed by atoms with E-state index in [9.17, 15) is 14.4 Å². The van der Waals surface area contributed by atoms with Crippen molar-refractivity contribution in [1.29, 1.82) is 0 Å². The second kappa shape index (κ2) is 10.9. The molecule has 12 nitrogen and oxygen atoms in total. The molecule has 2 aromatic carbocycles. The maximum Gasteiger partial charge on any atom is 0.254 e. The smallest absolute Gasteiger partial charge is 0.254 e. The molecule has 2 aliphatic heterocycles. The summed E-state index contributed by atoms with van der Waals surface area (Å²) in [6.07, 6.45) is 2.04. The number of rotatable bonds is 8. The molecule has 0 bridgehead atoms. The van der Waals surface area contributed by atoms with E-state index in [4.69, 9.17) is 9.47 Å². The van der Waals surface area contributed by atoms with Crippen LogP contribution in [0.15, 0.2) is 30.3 Å². The average molecular weight is 548 g/mol. The first-order chi connectivity index (χ1) is 19.3. The molecule has 1 fully saturated rings. The lowest BCUT2D eigenvalue weighted by atomic mass is 9.82. The SMILES string of the molecule is CCN(C)c1c(OC)cc(C(=O)N2CCC3(CC2)CC(=O)c2cc(-c4nn[nH]n4)ccc2O3)cc1N(C=O)CC. The standard InChI is InChI=1S/C28H33N7O5/c1-5-33(3)25-21(34(6-2)17-36)14-19(15-24(25)39-4)27(38)35-11-9-28(10-12-35)16-22(37)20-13-18(7-8-23(20)40-28)26-29-31-32-30-26/h7-8,13-15,17H,5-6,9-12,16H2,1-4H3,(H,29,30,31,32). The van der Waals surface area contributed by atoms with E-state index < -0.39 is 5.60 Å². The fourth-order valence-corrected chi connectivity index (χ4v) is 5.43. The number of benzene rings is 2. The summed E-state index contributed by atoms with van der Waals surface area (Å²) in [5.41, 5.74) is 2.33. The number of amides is 2. The number of anilines is 2. The number of tetrazole rings is 1. The van der Waals surface area contributed by atoms with Gasteiger partial charge in [-0.25, -0.2) is 0 Å². The van der Waals surface area contributed by atoms with E-state index in [1.807, 2.05) is 25.8 Å². The van der Waals surface area contributed by atoms with E-state index in [-0.39, 0.29) is 18.1 Å². The number of ether oxygens (including phenoxy) is 2. The number of carbonyl (C=O) groups is 3. The van der Waals surface area contributed by atoms with Crippen molar-refractivity contribution in [3.8, 4) is 22.9 Å². The maximum atomic E-state index is 13.7. The summed E-state index contributed by atoms with van der Waals surface area (Å²) < 4.78 is 12.1. The maximum absolute atomic E-state index is 13.7. The summed E-state index contributed by atoms with van der Waals surface area (Å²) in [6, 6.07) is 8.80. The molecule has 2 aliphatic rings. The van der Waals surface area contributed by atoms with Gasteiger partial charge in [-0.05, 0) is 49.4 Å². The van der Waals surface area contributed by atoms with Gasteiger partial charge in [0.2, 0.25) is 12.2 Å². The van der Waals surface area contributed by atoms with Gasteiger partial charge in [-0.3, -0.25) is 14.4 Å². The van der Waals surface area contributed by atoms with Crippen LogP contribution >= 0.6 is 0 Å². The Labute approximate surface area is 232 Å². The largest absolute Gasteiger partial charge is 0.494 e. The van der Waals surface area contributed by atoms with E-state index in [1.54, 1.807) is 47.2 Å². The number of nitrogens with zero attached hydrogens (tertiary/aromatic N) is 6. The van der Waals surface area contributed by atoms with Crippen LogP contribution in [0.25, 0.3) is 11.4 Å². The number of H-pyrrole nitrogens is 1. The fraction of sp³-hybridized carbons (Fsp3) is 0.429. The van der Waals surface area contributed by atoms with Crippen molar-refractivity contribution in [1.82, 2.24) is 25.5 Å². The van der Waals surface area contributed by atoms with Crippen molar-refractivity contribution in [2.45, 2.75) is 38.7 Å². The number of hydrogen-bond acceptors (Lipinski definition) is 9. The van der Waals surface area contributed by atoms with E-state index in [0.717, 1.165) is 12.1 Å². The zero-order valence-corrected chi connectivity index (χ0v) is 23.1. The number of methoxy groups -OCH3 is 1. The highest BCUT2D eigenvalue weighted by Crippen LogP contribution is 2.42. The fourth-order valence-electron chi connectivity index (χ4n) is 5.43. The number of likely N-dealkylation sites (tertiary alicyclic amines) is 1. The van der Waals surface area contributed by atoms with E-state index in [1.165, 1.54) is 0 Å². The normalized spacial score (nSPS) is 15.8. The van der Waals surface area contributed by atoms with Crippen molar-refractivity contribution in [2.24, 2.45) is 0 Å². The molecule has 0 atom stereocenters. The van der Waals surface area contributed by atoms with Gasteiger partial charge in [0.25, 0.3) is 5.91 Å². The van der Waals surface area contributed by atoms with E-state index in [0.29, 0.717) is 78.7 Å². The van der Waals surface area contributed by atoms with Gasteiger partial charge in [-0.15, -0.1) is 10.2 Å². The molecule has 0 aliphatic carbocycles. The molecule has 3 aromatic rings. The van der Waals surface area contributed by atoms with Crippen molar-refractivity contribution >= 4 is 29.5 Å². The first-order valence-corrected chi connectivity index (χ1v) is 13.4. The third-order valence-corrected chi connectivity index (χ3v) is 7.81. The van der Waals surface area contributed by atoms with Gasteiger partial charge in [0.15, 0.2) is 5.78 Å². The summed E-state index contributed by atoms with van der Waals surface area (Å²) in [4.78, 5) is 44.0. The van der Waals surface area contributed by atoms with Crippen LogP contribution in [-0.4, -0.2) is 89.6 Å². The number of fused-ring (bicyclic) bond motifs is 1. The molecule has 5 rings (SSSR count). The van der Waals surface area contributed by atoms with Crippen LogP contribution in [0.5, 0.6) is 11.5 Å². The Balaban J connectivity index is 1.35. The lowest BCUT2D eigenvalue weighted by molar-refractivity contribution is -0.107. The summed E-state index contributed by atoms with van der Waals surface area (Å²) in [5, 5.41) is 14.0. The average Bonchev–Trinajstić information content (AvgIpc) is 3.52. The topological polar surface area (TPSA) is 134 Å². The van der Waals surface area contributed by atoms with Crippen molar-refractivity contribution in [2.75, 3.05) is 50.1 Å². The molecule has 3 heterocycles. The molecular weight excluding hydrogens is 514 g/mol. The molecule has 0 unspecified atom stereocenters. The molecule has 1 aromatic heterocycles. The summed E-state index contributed by atoms with van der Waals surface area (Å²) in [6.45, 7) is 5.90. The minimum Gasteiger partial charge on any atom is -0.494 e. The summed E-state index contributed by atoms with van der Waals surface area (Å²) in [7, 11) is 3.48. The van der Waals surface area contributed by atoms with Crippen LogP contribution < -0.4 is 19.3 Å². The Morgan fingerprint density at radius 1 is 1.20 bits per heavy atom. The van der Waals surface area contributed by atoms with E-state index in [2.05, 4.69) is 20.6 Å². The van der Waals surface area contributed by atoms with Gasteiger partial charge in [-0.1, -0.05) is 0 Å². The Hall–Kier alpha value is -4.48. The molecule has 0 saturated carbocycles. The molecule has 210 valence electrons. The summed E-state index contributed by atoms with van der Waals surface area (Å²) in [5.74, 6) is 1.30. The Morgan fingerprint density at radius 3 is 2.60 bits per heavy atom. The monoisotopic (exact) mass is 547 g/mol. The van der Waals surface area contributed by atoms with Crippen molar-refractivity contribution in [3.05, 3.63) is 41.5 Å². The quantitative estimate of drug-likeness (QED) is 0.423. The van der Waals surface area contributed by atoms with Crippen molar-refractivity contribution < 1.29 is 23.9 Å². The Bertz CT molecular complexity index is 1420. The van der Waals surface area contributed by atoms with Gasteiger partial charge < -0.3 is 24.2 Å². The predicted molar refractivity (Wildman–Crippen MR) is 148 cm³/mol. The second-order valence-corrected chi connectivity index (χ2v) is 10.1. The lowest BCUT2D eigenvalue weighted by Crippen LogP contribution is -2.52.